The summed E-state index contributed by atoms with van der Waals surface area (Å²) in [5.74, 6) is 0.218. The average molecular weight is 537 g/mol. The van der Waals surface area contributed by atoms with Gasteiger partial charge in [-0.25, -0.2) is 18.2 Å². The molecule has 204 valence electrons. The number of benzene rings is 1. The van der Waals surface area contributed by atoms with Crippen molar-refractivity contribution in [3.05, 3.63) is 63.9 Å². The fraction of sp³-hybridized carbons (Fsp3) is 0.500. The normalized spacial score (nSPS) is 31.3. The largest absolute Gasteiger partial charge is 0.351 e. The van der Waals surface area contributed by atoms with E-state index in [2.05, 4.69) is 10.3 Å². The highest BCUT2D eigenvalue weighted by molar-refractivity contribution is 5.97. The second kappa shape index (κ2) is 8.83. The highest BCUT2D eigenvalue weighted by atomic mass is 19.1. The third-order valence-corrected chi connectivity index (χ3v) is 9.48. The molecule has 3 heterocycles. The summed E-state index contributed by atoms with van der Waals surface area (Å²) in [5.41, 5.74) is -0.815. The molecule has 4 aliphatic carbocycles. The Morgan fingerprint density at radius 1 is 1.03 bits per heavy atom. The van der Waals surface area contributed by atoms with Gasteiger partial charge >= 0.3 is 0 Å². The van der Waals surface area contributed by atoms with Crippen molar-refractivity contribution in [1.29, 1.82) is 0 Å². The number of alkyl halides is 1. The van der Waals surface area contributed by atoms with Crippen molar-refractivity contribution in [2.45, 2.75) is 69.6 Å². The SMILES string of the molecule is C[C@@H]1C[C@H](F)CN1c1ccc2c(=O)c(C(=O)NC34CC5CC(CC(C5)C3)C4)cn(-c3ccc(F)cc3F)c2n1. The smallest absolute Gasteiger partial charge is 0.257 e. The van der Waals surface area contributed by atoms with E-state index in [0.29, 0.717) is 30.0 Å². The summed E-state index contributed by atoms with van der Waals surface area (Å²) >= 11 is 0. The average Bonchev–Trinajstić information content (AvgIpc) is 3.21. The van der Waals surface area contributed by atoms with E-state index in [1.165, 1.54) is 36.1 Å². The van der Waals surface area contributed by atoms with Crippen LogP contribution in [0.5, 0.6) is 0 Å². The van der Waals surface area contributed by atoms with Crippen molar-refractivity contribution in [1.82, 2.24) is 14.9 Å². The van der Waals surface area contributed by atoms with Crippen LogP contribution in [0.2, 0.25) is 0 Å². The standard InChI is InChI=1S/C30H31F3N4O2/c1-16-6-21(32)14-36(16)26-5-3-22-27(38)23(15-37(28(22)34-26)25-4-2-20(31)10-24(25)33)29(39)35-30-11-17-7-18(12-30)9-19(8-17)13-30/h2-5,10,15-19,21H,6-9,11-14H2,1H3,(H,35,39)/t16-,17?,18?,19?,21+,30?/m1/s1. The molecule has 9 heteroatoms. The molecule has 0 unspecified atom stereocenters. The molecule has 4 bridgehead atoms. The van der Waals surface area contributed by atoms with Crippen LogP contribution in [0.3, 0.4) is 0 Å². The van der Waals surface area contributed by atoms with E-state index in [0.717, 1.165) is 31.4 Å². The van der Waals surface area contributed by atoms with Gasteiger partial charge in [-0.05, 0) is 87.5 Å². The summed E-state index contributed by atoms with van der Waals surface area (Å²) in [6.07, 6.45) is 7.11. The van der Waals surface area contributed by atoms with Crippen LogP contribution in [-0.2, 0) is 0 Å². The van der Waals surface area contributed by atoms with Crippen LogP contribution in [0.15, 0.2) is 41.3 Å². The zero-order chi connectivity index (χ0) is 27.1. The van der Waals surface area contributed by atoms with E-state index in [9.17, 15) is 18.4 Å². The summed E-state index contributed by atoms with van der Waals surface area (Å²) in [6.45, 7) is 2.07. The summed E-state index contributed by atoms with van der Waals surface area (Å²) in [5, 5.41) is 3.38. The number of rotatable bonds is 4. The number of carbonyl (C=O) groups is 1. The quantitative estimate of drug-likeness (QED) is 0.492. The zero-order valence-corrected chi connectivity index (χ0v) is 21.8. The van der Waals surface area contributed by atoms with Gasteiger partial charge in [-0.1, -0.05) is 0 Å². The Hall–Kier alpha value is -3.36. The predicted octanol–water partition coefficient (Wildman–Crippen LogP) is 5.30. The molecule has 8 rings (SSSR count). The van der Waals surface area contributed by atoms with Gasteiger partial charge in [-0.15, -0.1) is 0 Å². The van der Waals surface area contributed by atoms with E-state index in [1.54, 1.807) is 12.1 Å². The van der Waals surface area contributed by atoms with Crippen LogP contribution in [-0.4, -0.2) is 39.8 Å². The maximum absolute atomic E-state index is 15.1. The minimum absolute atomic E-state index is 0.0345. The summed E-state index contributed by atoms with van der Waals surface area (Å²) < 4.78 is 44.3. The van der Waals surface area contributed by atoms with E-state index in [4.69, 9.17) is 0 Å². The monoisotopic (exact) mass is 536 g/mol. The first-order valence-corrected chi connectivity index (χ1v) is 13.9. The van der Waals surface area contributed by atoms with Crippen molar-refractivity contribution in [2.75, 3.05) is 11.4 Å². The van der Waals surface area contributed by atoms with Gasteiger partial charge in [0.15, 0.2) is 5.65 Å². The van der Waals surface area contributed by atoms with Crippen molar-refractivity contribution in [3.8, 4) is 5.69 Å². The lowest BCUT2D eigenvalue weighted by atomic mass is 9.53. The molecule has 39 heavy (non-hydrogen) atoms. The van der Waals surface area contributed by atoms with Crippen LogP contribution in [0.4, 0.5) is 19.0 Å². The number of pyridine rings is 2. The second-order valence-corrected chi connectivity index (χ2v) is 12.4. The molecule has 1 N–H and O–H groups in total. The molecule has 4 saturated carbocycles. The van der Waals surface area contributed by atoms with Gasteiger partial charge in [0.05, 0.1) is 17.6 Å². The predicted molar refractivity (Wildman–Crippen MR) is 142 cm³/mol. The summed E-state index contributed by atoms with van der Waals surface area (Å²) in [7, 11) is 0. The first kappa shape index (κ1) is 24.7. The number of carbonyl (C=O) groups excluding carboxylic acids is 1. The number of halogens is 3. The van der Waals surface area contributed by atoms with Gasteiger partial charge in [-0.2, -0.15) is 0 Å². The number of nitrogens with zero attached hydrogens (tertiary/aromatic N) is 3. The number of anilines is 1. The third kappa shape index (κ3) is 4.12. The lowest BCUT2D eigenvalue weighted by Crippen LogP contribution is -2.60. The molecule has 5 aliphatic rings. The summed E-state index contributed by atoms with van der Waals surface area (Å²) in [6, 6.07) is 6.26. The molecule has 6 nitrogen and oxygen atoms in total. The van der Waals surface area contributed by atoms with Crippen LogP contribution < -0.4 is 15.6 Å². The molecule has 0 spiro atoms. The lowest BCUT2D eigenvalue weighted by Gasteiger charge is -2.56. The van der Waals surface area contributed by atoms with Gasteiger partial charge < -0.3 is 10.2 Å². The van der Waals surface area contributed by atoms with Crippen molar-refractivity contribution >= 4 is 22.8 Å². The Kier molecular flexibility index (Phi) is 5.58. The highest BCUT2D eigenvalue weighted by Crippen LogP contribution is 2.55. The second-order valence-electron chi connectivity index (χ2n) is 12.4. The molecule has 5 fully saturated rings. The molecule has 2 atom stereocenters. The van der Waals surface area contributed by atoms with Crippen molar-refractivity contribution in [2.24, 2.45) is 17.8 Å². The van der Waals surface area contributed by atoms with Crippen LogP contribution in [0.1, 0.15) is 62.2 Å². The maximum atomic E-state index is 15.1. The van der Waals surface area contributed by atoms with E-state index in [1.807, 2.05) is 11.8 Å². The first-order valence-electron chi connectivity index (χ1n) is 13.9. The topological polar surface area (TPSA) is 67.2 Å². The van der Waals surface area contributed by atoms with Crippen LogP contribution >= 0.6 is 0 Å². The fourth-order valence-corrected chi connectivity index (χ4v) is 8.23. The Morgan fingerprint density at radius 2 is 1.72 bits per heavy atom. The minimum Gasteiger partial charge on any atom is -0.351 e. The Labute approximate surface area is 224 Å². The van der Waals surface area contributed by atoms with E-state index in [-0.39, 0.29) is 40.4 Å². The zero-order valence-electron chi connectivity index (χ0n) is 21.8. The molecule has 1 aliphatic heterocycles. The molecular formula is C30H31F3N4O2. The molecule has 1 amide bonds. The first-order chi connectivity index (χ1) is 18.7. The number of nitrogens with one attached hydrogen (secondary N) is 1. The lowest BCUT2D eigenvalue weighted by molar-refractivity contribution is -0.0167. The molecule has 2 aromatic heterocycles. The van der Waals surface area contributed by atoms with E-state index < -0.39 is 29.1 Å². The molecule has 1 aromatic carbocycles. The molecular weight excluding hydrogens is 505 g/mol. The Morgan fingerprint density at radius 3 is 2.33 bits per heavy atom. The maximum Gasteiger partial charge on any atom is 0.257 e. The Balaban J connectivity index is 1.34. The minimum atomic E-state index is -0.995. The van der Waals surface area contributed by atoms with Gasteiger partial charge in [0.2, 0.25) is 5.43 Å². The number of amides is 1. The van der Waals surface area contributed by atoms with Crippen LogP contribution in [0.25, 0.3) is 16.7 Å². The van der Waals surface area contributed by atoms with Gasteiger partial charge in [-0.3, -0.25) is 14.2 Å². The van der Waals surface area contributed by atoms with Gasteiger partial charge in [0.1, 0.15) is 29.2 Å². The Bertz CT molecular complexity index is 1520. The van der Waals surface area contributed by atoms with Gasteiger partial charge in [0, 0.05) is 30.3 Å². The van der Waals surface area contributed by atoms with Crippen LogP contribution in [0, 0.1) is 29.4 Å². The molecule has 1 saturated heterocycles. The number of fused-ring (bicyclic) bond motifs is 1. The third-order valence-electron chi connectivity index (χ3n) is 9.48. The molecule has 3 aromatic rings. The van der Waals surface area contributed by atoms with E-state index >= 15 is 4.39 Å². The fourth-order valence-electron chi connectivity index (χ4n) is 8.23. The summed E-state index contributed by atoms with van der Waals surface area (Å²) in [4.78, 5) is 33.9. The number of hydrogen-bond donors (Lipinski definition) is 1. The molecule has 0 radical (unpaired) electrons. The van der Waals surface area contributed by atoms with Gasteiger partial charge in [0.25, 0.3) is 5.91 Å². The number of hydrogen-bond acceptors (Lipinski definition) is 4. The van der Waals surface area contributed by atoms with Crippen molar-refractivity contribution < 1.29 is 18.0 Å². The highest BCUT2D eigenvalue weighted by Gasteiger charge is 2.51. The number of aromatic nitrogens is 2. The van der Waals surface area contributed by atoms with Crippen molar-refractivity contribution in [3.63, 3.8) is 0 Å².